The van der Waals surface area contributed by atoms with Gasteiger partial charge in [-0.3, -0.25) is 0 Å². The van der Waals surface area contributed by atoms with Crippen molar-refractivity contribution in [1.29, 1.82) is 0 Å². The van der Waals surface area contributed by atoms with E-state index in [-0.39, 0.29) is 8.80 Å². The molecule has 0 aromatic heterocycles. The standard InChI is InChI=1S/C9H20Si/c1-2-3-4-7-10-8-5-6-9-10/h10H,2-9H2,1H3. The molecular formula is C9H20Si. The van der Waals surface area contributed by atoms with Gasteiger partial charge < -0.3 is 0 Å². The van der Waals surface area contributed by atoms with Crippen molar-refractivity contribution in [3.63, 3.8) is 0 Å². The van der Waals surface area contributed by atoms with Crippen molar-refractivity contribution in [2.75, 3.05) is 0 Å². The van der Waals surface area contributed by atoms with E-state index in [4.69, 9.17) is 0 Å². The van der Waals surface area contributed by atoms with E-state index in [1.807, 2.05) is 0 Å². The Morgan fingerprint density at radius 3 is 2.40 bits per heavy atom. The van der Waals surface area contributed by atoms with Gasteiger partial charge in [0.1, 0.15) is 0 Å². The second-order valence-electron chi connectivity index (χ2n) is 3.65. The van der Waals surface area contributed by atoms with Crippen LogP contribution in [0.5, 0.6) is 0 Å². The number of unbranched alkanes of at least 4 members (excludes halogenated alkanes) is 2. The molecule has 0 aromatic carbocycles. The summed E-state index contributed by atoms with van der Waals surface area (Å²) in [7, 11) is -0.113. The number of rotatable bonds is 4. The third kappa shape index (κ3) is 2.87. The summed E-state index contributed by atoms with van der Waals surface area (Å²) in [5.74, 6) is 0. The molecule has 0 nitrogen and oxygen atoms in total. The first-order valence-corrected chi connectivity index (χ1v) is 7.38. The molecule has 0 bridgehead atoms. The van der Waals surface area contributed by atoms with Gasteiger partial charge in [0.15, 0.2) is 0 Å². The minimum Gasteiger partial charge on any atom is -0.0654 e. The number of hydrogen-bond donors (Lipinski definition) is 0. The summed E-state index contributed by atoms with van der Waals surface area (Å²) in [5.41, 5.74) is 0. The van der Waals surface area contributed by atoms with Crippen molar-refractivity contribution in [3.05, 3.63) is 0 Å². The molecule has 1 aliphatic rings. The van der Waals surface area contributed by atoms with Crippen LogP contribution in [0.15, 0.2) is 0 Å². The highest BCUT2D eigenvalue weighted by Gasteiger charge is 2.14. The van der Waals surface area contributed by atoms with E-state index in [1.54, 1.807) is 37.4 Å². The van der Waals surface area contributed by atoms with E-state index in [0.717, 1.165) is 0 Å². The molecule has 0 spiro atoms. The predicted octanol–water partition coefficient (Wildman–Crippen LogP) is 3.20. The van der Waals surface area contributed by atoms with Crippen LogP contribution in [0.3, 0.4) is 0 Å². The largest absolute Gasteiger partial charge is 0.0654 e. The lowest BCUT2D eigenvalue weighted by atomic mass is 10.3. The molecular weight excluding hydrogens is 136 g/mol. The maximum absolute atomic E-state index is 2.30. The van der Waals surface area contributed by atoms with Gasteiger partial charge >= 0.3 is 0 Å². The van der Waals surface area contributed by atoms with Gasteiger partial charge in [-0.2, -0.15) is 0 Å². The first kappa shape index (κ1) is 8.31. The Bertz CT molecular complexity index is 74.8. The lowest BCUT2D eigenvalue weighted by Crippen LogP contribution is -2.03. The van der Waals surface area contributed by atoms with Gasteiger partial charge in [-0.1, -0.05) is 57.2 Å². The van der Waals surface area contributed by atoms with Gasteiger partial charge in [-0.15, -0.1) is 0 Å². The van der Waals surface area contributed by atoms with Crippen LogP contribution in [0.25, 0.3) is 0 Å². The van der Waals surface area contributed by atoms with Crippen LogP contribution >= 0.6 is 0 Å². The lowest BCUT2D eigenvalue weighted by molar-refractivity contribution is 0.765. The lowest BCUT2D eigenvalue weighted by Gasteiger charge is -2.04. The molecule has 0 atom stereocenters. The molecule has 0 aliphatic carbocycles. The van der Waals surface area contributed by atoms with E-state index < -0.39 is 0 Å². The Morgan fingerprint density at radius 1 is 1.10 bits per heavy atom. The minimum absolute atomic E-state index is 0.113. The van der Waals surface area contributed by atoms with Crippen molar-refractivity contribution >= 4 is 8.80 Å². The fourth-order valence-corrected chi connectivity index (χ4v) is 5.45. The first-order valence-electron chi connectivity index (χ1n) is 4.93. The van der Waals surface area contributed by atoms with Crippen LogP contribution in [-0.2, 0) is 0 Å². The average molecular weight is 156 g/mol. The molecule has 1 heterocycles. The monoisotopic (exact) mass is 156 g/mol. The Kier molecular flexibility index (Phi) is 4.11. The summed E-state index contributed by atoms with van der Waals surface area (Å²) < 4.78 is 0. The summed E-state index contributed by atoms with van der Waals surface area (Å²) >= 11 is 0. The predicted molar refractivity (Wildman–Crippen MR) is 50.3 cm³/mol. The molecule has 0 N–H and O–H groups in total. The molecule has 0 aromatic rings. The third-order valence-electron chi connectivity index (χ3n) is 2.69. The zero-order valence-corrected chi connectivity index (χ0v) is 8.39. The van der Waals surface area contributed by atoms with Gasteiger partial charge in [-0.25, -0.2) is 0 Å². The molecule has 10 heavy (non-hydrogen) atoms. The van der Waals surface area contributed by atoms with Gasteiger partial charge in [0.05, 0.1) is 0 Å². The van der Waals surface area contributed by atoms with Gasteiger partial charge in [0.25, 0.3) is 0 Å². The van der Waals surface area contributed by atoms with E-state index >= 15 is 0 Å². The second kappa shape index (κ2) is 4.95. The molecule has 1 aliphatic heterocycles. The zero-order valence-electron chi connectivity index (χ0n) is 7.23. The summed E-state index contributed by atoms with van der Waals surface area (Å²) in [6.45, 7) is 2.30. The normalized spacial score (nSPS) is 20.1. The Morgan fingerprint density at radius 2 is 1.80 bits per heavy atom. The molecule has 60 valence electrons. The molecule has 1 heteroatoms. The summed E-state index contributed by atoms with van der Waals surface area (Å²) in [5, 5.41) is 0. The minimum atomic E-state index is -0.113. The van der Waals surface area contributed by atoms with E-state index in [9.17, 15) is 0 Å². The van der Waals surface area contributed by atoms with E-state index in [0.29, 0.717) is 0 Å². The molecule has 1 saturated heterocycles. The molecule has 0 saturated carbocycles. The van der Waals surface area contributed by atoms with Gasteiger partial charge in [-0.05, 0) is 0 Å². The Labute approximate surface area is 66.6 Å². The maximum Gasteiger partial charge on any atom is 0.0367 e. The highest BCUT2D eigenvalue weighted by Crippen LogP contribution is 2.23. The van der Waals surface area contributed by atoms with Crippen molar-refractivity contribution < 1.29 is 0 Å². The van der Waals surface area contributed by atoms with Gasteiger partial charge in [0, 0.05) is 8.80 Å². The van der Waals surface area contributed by atoms with Crippen molar-refractivity contribution in [1.82, 2.24) is 0 Å². The smallest absolute Gasteiger partial charge is 0.0367 e. The summed E-state index contributed by atoms with van der Waals surface area (Å²) in [4.78, 5) is 0. The van der Waals surface area contributed by atoms with Crippen molar-refractivity contribution in [2.24, 2.45) is 0 Å². The molecule has 0 unspecified atom stereocenters. The van der Waals surface area contributed by atoms with Crippen LogP contribution < -0.4 is 0 Å². The molecule has 1 fully saturated rings. The van der Waals surface area contributed by atoms with Crippen LogP contribution in [0.1, 0.15) is 39.0 Å². The second-order valence-corrected chi connectivity index (χ2v) is 7.11. The number of hydrogen-bond acceptors (Lipinski definition) is 0. The van der Waals surface area contributed by atoms with E-state index in [1.165, 1.54) is 12.8 Å². The van der Waals surface area contributed by atoms with Crippen LogP contribution in [0.2, 0.25) is 18.1 Å². The fourth-order valence-electron chi connectivity index (χ4n) is 1.98. The summed E-state index contributed by atoms with van der Waals surface area (Å²) in [6.07, 6.45) is 7.59. The van der Waals surface area contributed by atoms with Crippen LogP contribution in [0, 0.1) is 0 Å². The fraction of sp³-hybridized carbons (Fsp3) is 1.00. The third-order valence-corrected chi connectivity index (χ3v) is 6.36. The average Bonchev–Trinajstić information content (AvgIpc) is 2.41. The topological polar surface area (TPSA) is 0 Å². The molecule has 0 amide bonds. The van der Waals surface area contributed by atoms with Crippen LogP contribution in [0.4, 0.5) is 0 Å². The maximum atomic E-state index is 2.30. The molecule has 1 rings (SSSR count). The first-order chi connectivity index (χ1) is 4.93. The summed E-state index contributed by atoms with van der Waals surface area (Å²) in [6, 6.07) is 5.00. The van der Waals surface area contributed by atoms with Gasteiger partial charge in [0.2, 0.25) is 0 Å². The quantitative estimate of drug-likeness (QED) is 0.433. The molecule has 0 radical (unpaired) electrons. The highest BCUT2D eigenvalue weighted by molar-refractivity contribution is 6.59. The Balaban J connectivity index is 1.91. The van der Waals surface area contributed by atoms with E-state index in [2.05, 4.69) is 6.92 Å². The SMILES string of the molecule is CCCCC[SiH]1CCCC1. The Hall–Kier alpha value is 0.217. The van der Waals surface area contributed by atoms with Crippen molar-refractivity contribution in [3.8, 4) is 0 Å². The zero-order chi connectivity index (χ0) is 7.23. The van der Waals surface area contributed by atoms with Crippen molar-refractivity contribution in [2.45, 2.75) is 57.2 Å². The highest BCUT2D eigenvalue weighted by atomic mass is 28.3. The van der Waals surface area contributed by atoms with Crippen LogP contribution in [-0.4, -0.2) is 8.80 Å².